The molecular formula is C23H29BrCl4N2O2. The Morgan fingerprint density at radius 3 is 2.47 bits per heavy atom. The molecule has 3 aliphatic heterocycles. The summed E-state index contributed by atoms with van der Waals surface area (Å²) in [6.07, 6.45) is 2.62. The van der Waals surface area contributed by atoms with Gasteiger partial charge in [0.15, 0.2) is 11.5 Å². The van der Waals surface area contributed by atoms with Crippen molar-refractivity contribution in [3.05, 3.63) is 56.0 Å². The van der Waals surface area contributed by atoms with E-state index in [0.717, 1.165) is 34.8 Å². The highest BCUT2D eigenvalue weighted by atomic mass is 79.9. The van der Waals surface area contributed by atoms with Crippen LogP contribution in [-0.4, -0.2) is 37.2 Å². The molecule has 1 unspecified atom stereocenters. The Morgan fingerprint density at radius 2 is 1.84 bits per heavy atom. The average molecular weight is 587 g/mol. The highest BCUT2D eigenvalue weighted by Crippen LogP contribution is 2.38. The van der Waals surface area contributed by atoms with Gasteiger partial charge in [0, 0.05) is 34.7 Å². The van der Waals surface area contributed by atoms with Gasteiger partial charge in [0.1, 0.15) is 6.61 Å². The van der Waals surface area contributed by atoms with Crippen molar-refractivity contribution in [3.63, 3.8) is 0 Å². The summed E-state index contributed by atoms with van der Waals surface area (Å²) >= 11 is 15.9. The molecule has 0 aliphatic carbocycles. The fourth-order valence-electron chi connectivity index (χ4n) is 4.36. The summed E-state index contributed by atoms with van der Waals surface area (Å²) in [6.45, 7) is 7.38. The van der Waals surface area contributed by atoms with Gasteiger partial charge in [-0.2, -0.15) is 0 Å². The third-order valence-electron chi connectivity index (χ3n) is 5.98. The van der Waals surface area contributed by atoms with Crippen molar-refractivity contribution in [1.29, 1.82) is 0 Å². The SMILES string of the molecule is CCOc1cc(CNC2CN3CCC2CC3)cc(Br)c1OCc1ccc(Cl)cc1Cl.Cl.Cl. The highest BCUT2D eigenvalue weighted by molar-refractivity contribution is 9.10. The molecule has 3 saturated heterocycles. The molecule has 3 fully saturated rings. The third kappa shape index (κ3) is 6.82. The molecule has 0 saturated carbocycles. The van der Waals surface area contributed by atoms with Crippen molar-refractivity contribution in [2.75, 3.05) is 26.2 Å². The van der Waals surface area contributed by atoms with Crippen LogP contribution in [0.5, 0.6) is 11.5 Å². The number of ether oxygens (including phenoxy) is 2. The summed E-state index contributed by atoms with van der Waals surface area (Å²) in [7, 11) is 0. The molecule has 3 aliphatic rings. The monoisotopic (exact) mass is 584 g/mol. The summed E-state index contributed by atoms with van der Waals surface area (Å²) in [5.41, 5.74) is 2.06. The molecule has 1 N–H and O–H groups in total. The molecule has 9 heteroatoms. The maximum Gasteiger partial charge on any atom is 0.175 e. The molecular weight excluding hydrogens is 558 g/mol. The van der Waals surface area contributed by atoms with Crippen LogP contribution < -0.4 is 14.8 Å². The zero-order valence-corrected chi connectivity index (χ0v) is 22.6. The molecule has 3 heterocycles. The van der Waals surface area contributed by atoms with E-state index >= 15 is 0 Å². The van der Waals surface area contributed by atoms with E-state index in [1.807, 2.05) is 19.1 Å². The van der Waals surface area contributed by atoms with Crippen LogP contribution in [0.15, 0.2) is 34.8 Å². The lowest BCUT2D eigenvalue weighted by Gasteiger charge is -2.45. The van der Waals surface area contributed by atoms with E-state index in [9.17, 15) is 0 Å². The maximum absolute atomic E-state index is 6.28. The average Bonchev–Trinajstić information content (AvgIpc) is 2.74. The molecule has 2 bridgehead atoms. The van der Waals surface area contributed by atoms with E-state index in [-0.39, 0.29) is 24.8 Å². The minimum Gasteiger partial charge on any atom is -0.490 e. The number of rotatable bonds is 8. The first-order valence-electron chi connectivity index (χ1n) is 10.5. The molecule has 178 valence electrons. The number of halogens is 5. The van der Waals surface area contributed by atoms with Gasteiger partial charge in [-0.3, -0.25) is 0 Å². The topological polar surface area (TPSA) is 33.7 Å². The molecule has 32 heavy (non-hydrogen) atoms. The Hall–Kier alpha value is -0.400. The molecule has 0 amide bonds. The smallest absolute Gasteiger partial charge is 0.175 e. The largest absolute Gasteiger partial charge is 0.490 e. The minimum absolute atomic E-state index is 0. The standard InChI is InChI=1S/C23H27BrCl2N2O2.2ClH/c1-2-29-22-10-15(12-27-21-13-28-7-5-16(21)6-8-28)9-19(24)23(22)30-14-17-3-4-18(25)11-20(17)26;;/h3-4,9-11,16,21,27H,2,5-8,12-14H2,1H3;2*1H. The summed E-state index contributed by atoms with van der Waals surface area (Å²) in [4.78, 5) is 2.57. The number of hydrogen-bond donors (Lipinski definition) is 1. The van der Waals surface area contributed by atoms with Crippen molar-refractivity contribution in [3.8, 4) is 11.5 Å². The second-order valence-corrected chi connectivity index (χ2v) is 9.69. The number of nitrogens with zero attached hydrogens (tertiary/aromatic N) is 1. The molecule has 5 rings (SSSR count). The Bertz CT molecular complexity index is 895. The minimum atomic E-state index is 0. The van der Waals surface area contributed by atoms with Crippen molar-refractivity contribution in [2.24, 2.45) is 5.92 Å². The molecule has 4 nitrogen and oxygen atoms in total. The van der Waals surface area contributed by atoms with Gasteiger partial charge in [0.05, 0.1) is 11.1 Å². The second-order valence-electron chi connectivity index (χ2n) is 7.99. The van der Waals surface area contributed by atoms with Gasteiger partial charge in [-0.25, -0.2) is 0 Å². The van der Waals surface area contributed by atoms with Gasteiger partial charge in [-0.1, -0.05) is 29.3 Å². The zero-order valence-electron chi connectivity index (χ0n) is 17.9. The molecule has 2 aromatic carbocycles. The molecule has 0 radical (unpaired) electrons. The van der Waals surface area contributed by atoms with Crippen LogP contribution in [0.2, 0.25) is 10.0 Å². The molecule has 0 spiro atoms. The highest BCUT2D eigenvalue weighted by Gasteiger charge is 2.33. The lowest BCUT2D eigenvalue weighted by molar-refractivity contribution is 0.0720. The van der Waals surface area contributed by atoms with Crippen molar-refractivity contribution in [2.45, 2.75) is 39.0 Å². The van der Waals surface area contributed by atoms with Crippen molar-refractivity contribution in [1.82, 2.24) is 10.2 Å². The van der Waals surface area contributed by atoms with Gasteiger partial charge in [0.25, 0.3) is 0 Å². The molecule has 1 atom stereocenters. The maximum atomic E-state index is 6.28. The van der Waals surface area contributed by atoms with Gasteiger partial charge < -0.3 is 19.7 Å². The third-order valence-corrected chi connectivity index (χ3v) is 7.16. The Morgan fingerprint density at radius 1 is 1.09 bits per heavy atom. The van der Waals surface area contributed by atoms with Crippen LogP contribution in [0.3, 0.4) is 0 Å². The van der Waals surface area contributed by atoms with Crippen LogP contribution in [0.25, 0.3) is 0 Å². The van der Waals surface area contributed by atoms with Gasteiger partial charge in [-0.05, 0) is 84.5 Å². The van der Waals surface area contributed by atoms with E-state index in [4.69, 9.17) is 32.7 Å². The lowest BCUT2D eigenvalue weighted by Crippen LogP contribution is -2.55. The van der Waals surface area contributed by atoms with Crippen LogP contribution in [0.4, 0.5) is 0 Å². The van der Waals surface area contributed by atoms with Crippen LogP contribution in [0.1, 0.15) is 30.9 Å². The predicted molar refractivity (Wildman–Crippen MR) is 140 cm³/mol. The number of benzene rings is 2. The summed E-state index contributed by atoms with van der Waals surface area (Å²) < 4.78 is 12.9. The van der Waals surface area contributed by atoms with E-state index < -0.39 is 0 Å². The predicted octanol–water partition coefficient (Wildman–Crippen LogP) is 6.76. The molecule has 0 aromatic heterocycles. The number of fused-ring (bicyclic) bond motifs is 3. The van der Waals surface area contributed by atoms with E-state index in [2.05, 4.69) is 38.3 Å². The number of hydrogen-bond acceptors (Lipinski definition) is 4. The summed E-state index contributed by atoms with van der Waals surface area (Å²) in [5, 5.41) is 4.97. The van der Waals surface area contributed by atoms with Crippen LogP contribution in [-0.2, 0) is 13.2 Å². The van der Waals surface area contributed by atoms with Crippen molar-refractivity contribution >= 4 is 63.9 Å². The Labute approximate surface area is 221 Å². The second kappa shape index (κ2) is 12.9. The zero-order chi connectivity index (χ0) is 21.1. The van der Waals surface area contributed by atoms with Crippen LogP contribution >= 0.6 is 63.9 Å². The van der Waals surface area contributed by atoms with Crippen LogP contribution in [0, 0.1) is 5.92 Å². The first-order chi connectivity index (χ1) is 14.5. The normalized spacial score (nSPS) is 21.4. The Balaban J connectivity index is 0.00000181. The summed E-state index contributed by atoms with van der Waals surface area (Å²) in [5.74, 6) is 2.23. The lowest BCUT2D eigenvalue weighted by atomic mass is 9.84. The Kier molecular flexibility index (Phi) is 11.2. The quantitative estimate of drug-likeness (QED) is 0.370. The fraction of sp³-hybridized carbons (Fsp3) is 0.478. The first kappa shape index (κ1) is 27.8. The number of piperidine rings is 3. The number of nitrogens with one attached hydrogen (secondary N) is 1. The van der Waals surface area contributed by atoms with Crippen molar-refractivity contribution < 1.29 is 9.47 Å². The first-order valence-corrected chi connectivity index (χ1v) is 12.1. The van der Waals surface area contributed by atoms with E-state index in [1.165, 1.54) is 31.5 Å². The van der Waals surface area contributed by atoms with Gasteiger partial charge >= 0.3 is 0 Å². The van der Waals surface area contributed by atoms with E-state index in [1.54, 1.807) is 6.07 Å². The fourth-order valence-corrected chi connectivity index (χ4v) is 5.43. The summed E-state index contributed by atoms with van der Waals surface area (Å²) in [6, 6.07) is 10.2. The van der Waals surface area contributed by atoms with Gasteiger partial charge in [-0.15, -0.1) is 24.8 Å². The van der Waals surface area contributed by atoms with Gasteiger partial charge in [0.2, 0.25) is 0 Å². The van der Waals surface area contributed by atoms with E-state index in [0.29, 0.717) is 35.1 Å². The molecule has 2 aromatic rings.